The summed E-state index contributed by atoms with van der Waals surface area (Å²) in [5.74, 6) is -0.198. The molecule has 4 nitrogen and oxygen atoms in total. The van der Waals surface area contributed by atoms with E-state index in [2.05, 4.69) is 19.9 Å². The molecule has 0 radical (unpaired) electrons. The van der Waals surface area contributed by atoms with Crippen molar-refractivity contribution in [3.05, 3.63) is 21.4 Å². The van der Waals surface area contributed by atoms with E-state index < -0.39 is 0 Å². The van der Waals surface area contributed by atoms with Gasteiger partial charge in [-0.05, 0) is 37.3 Å². The summed E-state index contributed by atoms with van der Waals surface area (Å²) in [6, 6.07) is 2.05. The van der Waals surface area contributed by atoms with Gasteiger partial charge in [0.25, 0.3) is 5.91 Å². The van der Waals surface area contributed by atoms with E-state index in [-0.39, 0.29) is 17.7 Å². The Labute approximate surface area is 130 Å². The molecule has 116 valence electrons. The number of hydrogen-bond acceptors (Lipinski definition) is 3. The monoisotopic (exact) mass is 308 g/mol. The molecule has 21 heavy (non-hydrogen) atoms. The molecule has 1 aromatic rings. The molecule has 2 rings (SSSR count). The lowest BCUT2D eigenvalue weighted by molar-refractivity contribution is -0.123. The molecule has 1 aromatic heterocycles. The summed E-state index contributed by atoms with van der Waals surface area (Å²) >= 11 is 1.63. The Morgan fingerprint density at radius 3 is 2.52 bits per heavy atom. The number of carbonyl (C=O) groups is 2. The van der Waals surface area contributed by atoms with Gasteiger partial charge in [0.2, 0.25) is 5.91 Å². The maximum Gasteiger partial charge on any atom is 0.263 e. The van der Waals surface area contributed by atoms with Gasteiger partial charge >= 0.3 is 0 Å². The van der Waals surface area contributed by atoms with Gasteiger partial charge in [0.15, 0.2) is 0 Å². The molecular weight excluding hydrogens is 284 g/mol. The van der Waals surface area contributed by atoms with E-state index in [1.54, 1.807) is 11.3 Å². The van der Waals surface area contributed by atoms with E-state index in [1.165, 1.54) is 10.4 Å². The first-order valence-electron chi connectivity index (χ1n) is 7.77. The lowest BCUT2D eigenvalue weighted by Gasteiger charge is -2.30. The molecule has 2 N–H and O–H groups in total. The van der Waals surface area contributed by atoms with Crippen molar-refractivity contribution < 1.29 is 9.59 Å². The molecule has 5 heteroatoms. The quantitative estimate of drug-likeness (QED) is 0.908. The zero-order valence-electron chi connectivity index (χ0n) is 12.9. The number of amides is 2. The Kier molecular flexibility index (Phi) is 5.39. The molecule has 0 atom stereocenters. The number of carbonyl (C=O) groups excluding carboxylic acids is 2. The highest BCUT2D eigenvalue weighted by molar-refractivity contribution is 7.14. The van der Waals surface area contributed by atoms with Crippen molar-refractivity contribution in [1.29, 1.82) is 0 Å². The summed E-state index contributed by atoms with van der Waals surface area (Å²) < 4.78 is 0. The number of rotatable bonds is 5. The first kappa shape index (κ1) is 16.0. The largest absolute Gasteiger partial charge is 0.369 e. The third-order valence-electron chi connectivity index (χ3n) is 4.15. The van der Waals surface area contributed by atoms with Crippen molar-refractivity contribution in [2.75, 3.05) is 13.1 Å². The van der Waals surface area contributed by atoms with E-state index in [0.29, 0.717) is 25.9 Å². The minimum atomic E-state index is -0.239. The van der Waals surface area contributed by atoms with Crippen LogP contribution in [0.5, 0.6) is 0 Å². The van der Waals surface area contributed by atoms with Crippen LogP contribution in [0.15, 0.2) is 6.07 Å². The number of piperidine rings is 1. The molecule has 0 saturated carbocycles. The number of thiophene rings is 1. The Balaban J connectivity index is 2.05. The number of hydrogen-bond donors (Lipinski definition) is 1. The zero-order chi connectivity index (χ0) is 15.4. The van der Waals surface area contributed by atoms with Gasteiger partial charge in [-0.2, -0.15) is 0 Å². The number of likely N-dealkylation sites (tertiary alicyclic amines) is 1. The van der Waals surface area contributed by atoms with Crippen LogP contribution in [0.2, 0.25) is 0 Å². The number of nitrogens with two attached hydrogens (primary N) is 1. The smallest absolute Gasteiger partial charge is 0.263 e. The number of aryl methyl sites for hydroxylation is 2. The van der Waals surface area contributed by atoms with Crippen molar-refractivity contribution in [2.24, 2.45) is 11.7 Å². The van der Waals surface area contributed by atoms with Crippen LogP contribution in [0.25, 0.3) is 0 Å². The number of primary amides is 1. The maximum absolute atomic E-state index is 12.6. The predicted octanol–water partition coefficient (Wildman–Crippen LogP) is 2.60. The molecule has 0 bridgehead atoms. The molecule has 0 unspecified atom stereocenters. The molecule has 2 amide bonds. The fourth-order valence-corrected chi connectivity index (χ4v) is 4.16. The Morgan fingerprint density at radius 1 is 1.33 bits per heavy atom. The summed E-state index contributed by atoms with van der Waals surface area (Å²) in [5, 5.41) is 0. The van der Waals surface area contributed by atoms with E-state index >= 15 is 0 Å². The fourth-order valence-electron chi connectivity index (χ4n) is 2.83. The average molecular weight is 308 g/mol. The molecule has 1 saturated heterocycles. The van der Waals surface area contributed by atoms with Gasteiger partial charge in [-0.15, -0.1) is 11.3 Å². The van der Waals surface area contributed by atoms with Crippen LogP contribution in [0.3, 0.4) is 0 Å². The minimum Gasteiger partial charge on any atom is -0.369 e. The molecule has 1 aliphatic rings. The lowest BCUT2D eigenvalue weighted by Crippen LogP contribution is -2.41. The van der Waals surface area contributed by atoms with Crippen LogP contribution in [-0.4, -0.2) is 29.8 Å². The van der Waals surface area contributed by atoms with Gasteiger partial charge in [0.05, 0.1) is 4.88 Å². The maximum atomic E-state index is 12.6. The highest BCUT2D eigenvalue weighted by atomic mass is 32.1. The fraction of sp³-hybridized carbons (Fsp3) is 0.625. The van der Waals surface area contributed by atoms with Gasteiger partial charge in [-0.1, -0.05) is 20.3 Å². The van der Waals surface area contributed by atoms with Gasteiger partial charge in [0, 0.05) is 23.9 Å². The zero-order valence-corrected chi connectivity index (χ0v) is 13.7. The van der Waals surface area contributed by atoms with Crippen molar-refractivity contribution in [3.8, 4) is 0 Å². The molecular formula is C16H24N2O2S. The standard InChI is InChI=1S/C16H24N2O2S/c1-3-5-13-11(4-2)10-14(21-13)16(20)18-8-6-12(7-9-18)15(17)19/h10,12H,3-9H2,1-2H3,(H2,17,19). The molecule has 0 aromatic carbocycles. The normalized spacial score (nSPS) is 16.2. The average Bonchev–Trinajstić information content (AvgIpc) is 2.90. The third-order valence-corrected chi connectivity index (χ3v) is 5.38. The Hall–Kier alpha value is -1.36. The van der Waals surface area contributed by atoms with Crippen LogP contribution < -0.4 is 5.73 Å². The van der Waals surface area contributed by atoms with E-state index in [1.807, 2.05) is 4.90 Å². The second-order valence-electron chi connectivity index (χ2n) is 5.63. The molecule has 0 aliphatic carbocycles. The van der Waals surface area contributed by atoms with Gasteiger partial charge in [-0.25, -0.2) is 0 Å². The lowest BCUT2D eigenvalue weighted by atomic mass is 9.96. The Bertz CT molecular complexity index is 516. The van der Waals surface area contributed by atoms with Crippen molar-refractivity contribution >= 4 is 23.2 Å². The van der Waals surface area contributed by atoms with Crippen LogP contribution in [0.4, 0.5) is 0 Å². The summed E-state index contributed by atoms with van der Waals surface area (Å²) in [5.41, 5.74) is 6.64. The molecule has 0 spiro atoms. The van der Waals surface area contributed by atoms with E-state index in [0.717, 1.165) is 24.1 Å². The first-order chi connectivity index (χ1) is 10.1. The summed E-state index contributed by atoms with van der Waals surface area (Å²) in [4.78, 5) is 27.8. The third kappa shape index (κ3) is 3.64. The highest BCUT2D eigenvalue weighted by Gasteiger charge is 2.27. The van der Waals surface area contributed by atoms with Gasteiger partial charge in [0.1, 0.15) is 0 Å². The van der Waals surface area contributed by atoms with Gasteiger partial charge < -0.3 is 10.6 Å². The van der Waals surface area contributed by atoms with Crippen molar-refractivity contribution in [2.45, 2.75) is 46.0 Å². The SMILES string of the molecule is CCCc1sc(C(=O)N2CCC(C(N)=O)CC2)cc1CC. The predicted molar refractivity (Wildman–Crippen MR) is 85.5 cm³/mol. The molecule has 2 heterocycles. The van der Waals surface area contributed by atoms with Crippen molar-refractivity contribution in [3.63, 3.8) is 0 Å². The molecule has 1 aliphatic heterocycles. The summed E-state index contributed by atoms with van der Waals surface area (Å²) in [6.07, 6.45) is 4.50. The molecule has 1 fully saturated rings. The summed E-state index contributed by atoms with van der Waals surface area (Å²) in [6.45, 7) is 5.56. The topological polar surface area (TPSA) is 63.4 Å². The highest BCUT2D eigenvalue weighted by Crippen LogP contribution is 2.27. The summed E-state index contributed by atoms with van der Waals surface area (Å²) in [7, 11) is 0. The second kappa shape index (κ2) is 7.07. The number of nitrogens with zero attached hydrogens (tertiary/aromatic N) is 1. The van der Waals surface area contributed by atoms with Crippen LogP contribution in [0.1, 0.15) is 53.2 Å². The van der Waals surface area contributed by atoms with E-state index in [4.69, 9.17) is 5.73 Å². The van der Waals surface area contributed by atoms with Crippen LogP contribution >= 0.6 is 11.3 Å². The minimum absolute atomic E-state index is 0.0701. The second-order valence-corrected chi connectivity index (χ2v) is 6.77. The Morgan fingerprint density at radius 2 is 2.00 bits per heavy atom. The first-order valence-corrected chi connectivity index (χ1v) is 8.58. The van der Waals surface area contributed by atoms with Gasteiger partial charge in [-0.3, -0.25) is 9.59 Å². The van der Waals surface area contributed by atoms with Crippen LogP contribution in [-0.2, 0) is 17.6 Å². The van der Waals surface area contributed by atoms with E-state index in [9.17, 15) is 9.59 Å². The van der Waals surface area contributed by atoms with Crippen molar-refractivity contribution in [1.82, 2.24) is 4.90 Å². The van der Waals surface area contributed by atoms with Crippen LogP contribution in [0, 0.1) is 5.92 Å².